The van der Waals surface area contributed by atoms with Crippen molar-refractivity contribution >= 4 is 33.8 Å². The number of piperidine rings is 1. The number of anilines is 2. The van der Waals surface area contributed by atoms with Crippen molar-refractivity contribution in [2.45, 2.75) is 31.8 Å². The third-order valence-electron chi connectivity index (χ3n) is 7.20. The molecule has 0 aromatic carbocycles. The highest BCUT2D eigenvalue weighted by Crippen LogP contribution is 2.35. The lowest BCUT2D eigenvalue weighted by Crippen LogP contribution is -2.39. The Balaban J connectivity index is 1.28. The van der Waals surface area contributed by atoms with Gasteiger partial charge in [0, 0.05) is 53.7 Å². The zero-order chi connectivity index (χ0) is 24.4. The van der Waals surface area contributed by atoms with Gasteiger partial charge in [0.2, 0.25) is 5.91 Å². The smallest absolute Gasteiger partial charge is 0.281 e. The molecule has 3 fully saturated rings. The Labute approximate surface area is 204 Å². The third kappa shape index (κ3) is 3.74. The molecule has 1 aliphatic carbocycles. The van der Waals surface area contributed by atoms with Gasteiger partial charge < -0.3 is 15.0 Å². The minimum atomic E-state index is -2.77. The van der Waals surface area contributed by atoms with Crippen LogP contribution in [0.4, 0.5) is 20.3 Å². The van der Waals surface area contributed by atoms with Crippen LogP contribution in [0.25, 0.3) is 27.8 Å². The number of aromatic nitrogens is 5. The molecule has 184 valence electrons. The molecule has 7 rings (SSSR count). The predicted octanol–water partition coefficient (Wildman–Crippen LogP) is 3.85. The summed E-state index contributed by atoms with van der Waals surface area (Å²) >= 11 is 0. The van der Waals surface area contributed by atoms with Gasteiger partial charge in [-0.25, -0.2) is 23.3 Å². The molecule has 1 saturated carbocycles. The van der Waals surface area contributed by atoms with Gasteiger partial charge >= 0.3 is 0 Å². The lowest BCUT2D eigenvalue weighted by atomic mass is 10.00. The fraction of sp³-hybridized carbons (Fsp3) is 0.400. The number of carbonyl (C=O) groups excluding carboxylic acids is 1. The van der Waals surface area contributed by atoms with E-state index in [1.54, 1.807) is 10.6 Å². The van der Waals surface area contributed by atoms with Gasteiger partial charge in [-0.1, -0.05) is 0 Å². The fourth-order valence-corrected chi connectivity index (χ4v) is 5.20. The van der Waals surface area contributed by atoms with Crippen LogP contribution >= 0.6 is 0 Å². The molecule has 2 atom stereocenters. The summed E-state index contributed by atoms with van der Waals surface area (Å²) in [5, 5.41) is 8.11. The highest BCUT2D eigenvalue weighted by Gasteiger charge is 2.34. The van der Waals surface area contributed by atoms with E-state index >= 15 is 0 Å². The number of amides is 1. The Morgan fingerprint density at radius 1 is 1.14 bits per heavy atom. The summed E-state index contributed by atoms with van der Waals surface area (Å²) in [6.07, 6.45) is 4.94. The fourth-order valence-electron chi connectivity index (χ4n) is 5.20. The van der Waals surface area contributed by atoms with Crippen LogP contribution in [-0.2, 0) is 9.53 Å². The zero-order valence-corrected chi connectivity index (χ0v) is 19.3. The molecule has 0 radical (unpaired) electrons. The molecule has 0 unspecified atom stereocenters. The number of halogens is 2. The van der Waals surface area contributed by atoms with E-state index in [0.717, 1.165) is 44.6 Å². The van der Waals surface area contributed by atoms with Crippen LogP contribution in [-0.4, -0.2) is 56.3 Å². The van der Waals surface area contributed by atoms with E-state index < -0.39 is 6.43 Å². The molecule has 1 amide bonds. The van der Waals surface area contributed by atoms with E-state index in [0.29, 0.717) is 34.2 Å². The standard InChI is InChI=1S/C25H23F2N7O2/c26-23(27)22-18-7-28-20(30-25(35)14-1-2-14)6-17(18)19(8-29-22)24-31-21-4-3-15(10-34(21)32-24)33-9-13-5-16(11-33)36-12-13/h3-4,6-8,10,13-14,16,23H,1-2,5,9,11-12H2,(H,28,30,35)/t13-,16+/m1/s1. The summed E-state index contributed by atoms with van der Waals surface area (Å²) in [6, 6.07) is 5.51. The molecule has 36 heavy (non-hydrogen) atoms. The van der Waals surface area contributed by atoms with Crippen molar-refractivity contribution in [1.82, 2.24) is 24.6 Å². The van der Waals surface area contributed by atoms with Crippen molar-refractivity contribution in [3.05, 3.63) is 42.5 Å². The Morgan fingerprint density at radius 2 is 2.03 bits per heavy atom. The van der Waals surface area contributed by atoms with Crippen molar-refractivity contribution in [1.29, 1.82) is 0 Å². The molecule has 4 aromatic heterocycles. The second-order valence-corrected chi connectivity index (χ2v) is 9.82. The van der Waals surface area contributed by atoms with E-state index in [2.05, 4.69) is 30.3 Å². The van der Waals surface area contributed by atoms with Crippen molar-refractivity contribution < 1.29 is 18.3 Å². The first kappa shape index (κ1) is 21.5. The summed E-state index contributed by atoms with van der Waals surface area (Å²) in [6.45, 7) is 2.59. The lowest BCUT2D eigenvalue weighted by molar-refractivity contribution is -0.117. The van der Waals surface area contributed by atoms with Gasteiger partial charge in [-0.3, -0.25) is 9.78 Å². The maximum atomic E-state index is 13.7. The average molecular weight is 492 g/mol. The largest absolute Gasteiger partial charge is 0.376 e. The second kappa shape index (κ2) is 8.16. The van der Waals surface area contributed by atoms with Crippen molar-refractivity contribution in [3.63, 3.8) is 0 Å². The third-order valence-corrected chi connectivity index (χ3v) is 7.20. The van der Waals surface area contributed by atoms with Crippen LogP contribution in [0.3, 0.4) is 0 Å². The van der Waals surface area contributed by atoms with Crippen molar-refractivity contribution in [3.8, 4) is 11.4 Å². The number of rotatable bonds is 5. The van der Waals surface area contributed by atoms with Gasteiger partial charge in [-0.05, 0) is 37.5 Å². The van der Waals surface area contributed by atoms with E-state index in [9.17, 15) is 13.6 Å². The quantitative estimate of drug-likeness (QED) is 0.453. The minimum absolute atomic E-state index is 0.00741. The summed E-state index contributed by atoms with van der Waals surface area (Å²) < 4.78 is 34.9. The summed E-state index contributed by atoms with van der Waals surface area (Å²) in [5.74, 6) is 1.09. The molecule has 3 aliphatic rings. The van der Waals surface area contributed by atoms with E-state index in [1.807, 2.05) is 18.3 Å². The number of carbonyl (C=O) groups is 1. The molecule has 9 nitrogen and oxygen atoms in total. The zero-order valence-electron chi connectivity index (χ0n) is 19.3. The number of hydrogen-bond acceptors (Lipinski definition) is 7. The molecular weight excluding hydrogens is 468 g/mol. The Bertz CT molecular complexity index is 1490. The van der Waals surface area contributed by atoms with Gasteiger partial charge in [-0.2, -0.15) is 0 Å². The second-order valence-electron chi connectivity index (χ2n) is 9.82. The highest BCUT2D eigenvalue weighted by atomic mass is 19.3. The molecule has 4 aromatic rings. The summed E-state index contributed by atoms with van der Waals surface area (Å²) in [7, 11) is 0. The Kier molecular flexibility index (Phi) is 4.88. The predicted molar refractivity (Wildman–Crippen MR) is 128 cm³/mol. The van der Waals surface area contributed by atoms with Crippen molar-refractivity contribution in [2.75, 3.05) is 29.9 Å². The van der Waals surface area contributed by atoms with E-state index in [-0.39, 0.29) is 29.0 Å². The molecule has 2 aliphatic heterocycles. The first-order chi connectivity index (χ1) is 17.5. The normalized spacial score (nSPS) is 21.6. The van der Waals surface area contributed by atoms with Crippen molar-refractivity contribution in [2.24, 2.45) is 11.8 Å². The summed E-state index contributed by atoms with van der Waals surface area (Å²) in [5.41, 5.74) is 1.79. The van der Waals surface area contributed by atoms with Gasteiger partial charge in [-0.15, -0.1) is 5.10 Å². The number of alkyl halides is 2. The van der Waals surface area contributed by atoms with Crippen LogP contribution < -0.4 is 10.2 Å². The van der Waals surface area contributed by atoms with Crippen LogP contribution in [0, 0.1) is 11.8 Å². The molecule has 1 N–H and O–H groups in total. The monoisotopic (exact) mass is 491 g/mol. The molecule has 11 heteroatoms. The topological polar surface area (TPSA) is 97.5 Å². The maximum absolute atomic E-state index is 13.7. The average Bonchev–Trinajstić information content (AvgIpc) is 3.57. The van der Waals surface area contributed by atoms with Gasteiger partial charge in [0.25, 0.3) is 6.43 Å². The minimum Gasteiger partial charge on any atom is -0.376 e. The van der Waals surface area contributed by atoms with Gasteiger partial charge in [0.05, 0.1) is 24.6 Å². The van der Waals surface area contributed by atoms with Gasteiger partial charge in [0.15, 0.2) is 11.5 Å². The molecule has 0 spiro atoms. The number of ether oxygens (including phenoxy) is 1. The Hall–Kier alpha value is -3.73. The maximum Gasteiger partial charge on any atom is 0.281 e. The van der Waals surface area contributed by atoms with Gasteiger partial charge in [0.1, 0.15) is 11.5 Å². The number of pyridine rings is 3. The highest BCUT2D eigenvalue weighted by molar-refractivity contribution is 6.00. The molecule has 6 heterocycles. The Morgan fingerprint density at radius 3 is 2.83 bits per heavy atom. The SMILES string of the molecule is O=C(Nc1cc2c(-c3nc4ccc(N5C[C@@H]6CO[C@@H](C6)C5)cn4n3)cnc(C(F)F)c2cn1)C1CC1. The molecular formula is C25H23F2N7O2. The van der Waals surface area contributed by atoms with E-state index in [4.69, 9.17) is 4.74 Å². The first-order valence-electron chi connectivity index (χ1n) is 12.1. The van der Waals surface area contributed by atoms with Crippen LogP contribution in [0.1, 0.15) is 31.4 Å². The number of nitrogens with one attached hydrogen (secondary N) is 1. The lowest BCUT2D eigenvalue weighted by Gasteiger charge is -2.31. The molecule has 2 saturated heterocycles. The van der Waals surface area contributed by atoms with Crippen LogP contribution in [0.15, 0.2) is 36.8 Å². The summed E-state index contributed by atoms with van der Waals surface area (Å²) in [4.78, 5) is 27.4. The molecule has 2 bridgehead atoms. The van der Waals surface area contributed by atoms with Crippen LogP contribution in [0.2, 0.25) is 0 Å². The first-order valence-corrected chi connectivity index (χ1v) is 12.1. The van der Waals surface area contributed by atoms with E-state index in [1.165, 1.54) is 12.4 Å². The number of hydrogen-bond donors (Lipinski definition) is 1. The number of nitrogens with zero attached hydrogens (tertiary/aromatic N) is 6. The number of fused-ring (bicyclic) bond motifs is 4. The van der Waals surface area contributed by atoms with Crippen LogP contribution in [0.5, 0.6) is 0 Å².